The molecule has 0 aliphatic rings. The molecular weight excluding hydrogens is 236 g/mol. The molecular formula is C13H11ClN2O. The lowest BCUT2D eigenvalue weighted by atomic mass is 10.2. The molecule has 0 saturated carbocycles. The third kappa shape index (κ3) is 1.78. The van der Waals surface area contributed by atoms with Gasteiger partial charge in [0.05, 0.1) is 5.52 Å². The van der Waals surface area contributed by atoms with Gasteiger partial charge in [0.15, 0.2) is 0 Å². The minimum Gasteiger partial charge on any atom is -0.318 e. The highest BCUT2D eigenvalue weighted by Gasteiger charge is 2.03. The average Bonchev–Trinajstić information content (AvgIpc) is 2.56. The van der Waals surface area contributed by atoms with Crippen LogP contribution in [0, 0.1) is 6.92 Å². The Hall–Kier alpha value is -1.87. The van der Waals surface area contributed by atoms with Gasteiger partial charge in [0, 0.05) is 17.8 Å². The van der Waals surface area contributed by atoms with Crippen molar-refractivity contribution in [2.24, 2.45) is 0 Å². The van der Waals surface area contributed by atoms with Gasteiger partial charge < -0.3 is 4.40 Å². The van der Waals surface area contributed by atoms with Crippen LogP contribution in [-0.4, -0.2) is 9.38 Å². The van der Waals surface area contributed by atoms with Gasteiger partial charge in [0.2, 0.25) is 0 Å². The van der Waals surface area contributed by atoms with Gasteiger partial charge in [0.1, 0.15) is 5.52 Å². The molecule has 1 aromatic carbocycles. The van der Waals surface area contributed by atoms with Crippen LogP contribution in [0.15, 0.2) is 47.5 Å². The highest BCUT2D eigenvalue weighted by molar-refractivity contribution is 5.85. The third-order valence-electron chi connectivity index (χ3n) is 2.76. The summed E-state index contributed by atoms with van der Waals surface area (Å²) >= 11 is 0. The number of hydrogen-bond acceptors (Lipinski definition) is 2. The van der Waals surface area contributed by atoms with Crippen LogP contribution in [0.1, 0.15) is 5.56 Å². The van der Waals surface area contributed by atoms with Crippen molar-refractivity contribution in [2.75, 3.05) is 0 Å². The van der Waals surface area contributed by atoms with Crippen LogP contribution >= 0.6 is 12.4 Å². The van der Waals surface area contributed by atoms with Gasteiger partial charge >= 0.3 is 0 Å². The molecule has 0 aliphatic heterocycles. The predicted molar refractivity (Wildman–Crippen MR) is 71.0 cm³/mol. The molecule has 3 rings (SSSR count). The van der Waals surface area contributed by atoms with Crippen molar-refractivity contribution >= 4 is 28.8 Å². The molecule has 2 aromatic heterocycles. The van der Waals surface area contributed by atoms with Gasteiger partial charge in [-0.15, -0.1) is 12.4 Å². The van der Waals surface area contributed by atoms with Gasteiger partial charge in [-0.05, 0) is 24.6 Å². The van der Waals surface area contributed by atoms with Crippen molar-refractivity contribution in [1.29, 1.82) is 0 Å². The Balaban J connectivity index is 0.00000108. The summed E-state index contributed by atoms with van der Waals surface area (Å²) in [6.07, 6.45) is 3.83. The average molecular weight is 247 g/mol. The third-order valence-corrected chi connectivity index (χ3v) is 2.76. The van der Waals surface area contributed by atoms with E-state index in [2.05, 4.69) is 4.98 Å². The molecule has 4 heteroatoms. The van der Waals surface area contributed by atoms with Gasteiger partial charge in [-0.3, -0.25) is 4.79 Å². The first-order valence-electron chi connectivity index (χ1n) is 5.13. The van der Waals surface area contributed by atoms with Gasteiger partial charge in [-0.25, -0.2) is 4.98 Å². The Kier molecular flexibility index (Phi) is 2.86. The van der Waals surface area contributed by atoms with Crippen molar-refractivity contribution in [3.63, 3.8) is 0 Å². The summed E-state index contributed by atoms with van der Waals surface area (Å²) in [5.74, 6) is 0. The fourth-order valence-electron chi connectivity index (χ4n) is 1.95. The monoisotopic (exact) mass is 246 g/mol. The number of halogens is 1. The minimum absolute atomic E-state index is 0. The number of hydrogen-bond donors (Lipinski definition) is 0. The smallest absolute Gasteiger partial charge is 0.294 e. The fraction of sp³-hybridized carbons (Fsp3) is 0.0769. The maximum Gasteiger partial charge on any atom is 0.294 e. The maximum absolute atomic E-state index is 11.9. The van der Waals surface area contributed by atoms with Crippen molar-refractivity contribution in [3.05, 3.63) is 58.6 Å². The van der Waals surface area contributed by atoms with Crippen molar-refractivity contribution in [2.45, 2.75) is 6.92 Å². The summed E-state index contributed by atoms with van der Waals surface area (Å²) in [5.41, 5.74) is 2.16. The lowest BCUT2D eigenvalue weighted by Gasteiger charge is -1.88. The molecule has 0 aliphatic carbocycles. The lowest BCUT2D eigenvalue weighted by Crippen LogP contribution is -2.04. The number of nitrogens with zero attached hydrogens (tertiary/aromatic N) is 2. The van der Waals surface area contributed by atoms with Crippen molar-refractivity contribution in [1.82, 2.24) is 9.38 Å². The molecule has 3 nitrogen and oxygen atoms in total. The molecule has 2 heterocycles. The maximum atomic E-state index is 11.9. The van der Waals surface area contributed by atoms with E-state index in [1.54, 1.807) is 0 Å². The highest BCUT2D eigenvalue weighted by Crippen LogP contribution is 2.11. The van der Waals surface area contributed by atoms with Crippen LogP contribution in [0.25, 0.3) is 16.4 Å². The van der Waals surface area contributed by atoms with Crippen LogP contribution in [-0.2, 0) is 0 Å². The second kappa shape index (κ2) is 4.18. The molecule has 0 bridgehead atoms. The van der Waals surface area contributed by atoms with E-state index in [4.69, 9.17) is 0 Å². The Bertz CT molecular complexity index is 749. The first kappa shape index (κ1) is 11.6. The molecule has 86 valence electrons. The Morgan fingerprint density at radius 3 is 2.76 bits per heavy atom. The SMILES string of the molecule is Cc1ccn2cc3ccccc3nc(=O)c12.Cl. The lowest BCUT2D eigenvalue weighted by molar-refractivity contribution is 1.20. The summed E-state index contributed by atoms with van der Waals surface area (Å²) in [7, 11) is 0. The summed E-state index contributed by atoms with van der Waals surface area (Å²) in [5, 5.41) is 0.963. The molecule has 0 N–H and O–H groups in total. The van der Waals surface area contributed by atoms with Crippen LogP contribution in [0.5, 0.6) is 0 Å². The van der Waals surface area contributed by atoms with E-state index in [0.29, 0.717) is 5.52 Å². The largest absolute Gasteiger partial charge is 0.318 e. The number of aryl methyl sites for hydroxylation is 1. The quantitative estimate of drug-likeness (QED) is 0.611. The second-order valence-electron chi connectivity index (χ2n) is 3.86. The first-order chi connectivity index (χ1) is 7.75. The van der Waals surface area contributed by atoms with Gasteiger partial charge in [-0.1, -0.05) is 18.2 Å². The van der Waals surface area contributed by atoms with Crippen LogP contribution in [0.4, 0.5) is 0 Å². The molecule has 3 aromatic rings. The number of rotatable bonds is 0. The molecule has 0 fully saturated rings. The van der Waals surface area contributed by atoms with Crippen LogP contribution in [0.2, 0.25) is 0 Å². The summed E-state index contributed by atoms with van der Waals surface area (Å²) in [6.45, 7) is 1.92. The predicted octanol–water partition coefficient (Wildman–Crippen LogP) is 2.58. The summed E-state index contributed by atoms with van der Waals surface area (Å²) in [6, 6.07) is 9.56. The Morgan fingerprint density at radius 1 is 1.18 bits per heavy atom. The topological polar surface area (TPSA) is 34.4 Å². The van der Waals surface area contributed by atoms with E-state index in [1.807, 2.05) is 54.0 Å². The van der Waals surface area contributed by atoms with E-state index in [0.717, 1.165) is 16.5 Å². The molecule has 0 amide bonds. The standard InChI is InChI=1S/C13H10N2O.ClH/c1-9-6-7-15-8-10-4-2-3-5-11(10)14-13(16)12(9)15;/h2-8H,1H3;1H. The van der Waals surface area contributed by atoms with Crippen LogP contribution in [0.3, 0.4) is 0 Å². The van der Waals surface area contributed by atoms with Gasteiger partial charge in [-0.2, -0.15) is 0 Å². The molecule has 0 radical (unpaired) electrons. The molecule has 0 spiro atoms. The zero-order chi connectivity index (χ0) is 11.1. The number of fused-ring (bicyclic) bond motifs is 2. The number of aromatic nitrogens is 2. The fourth-order valence-corrected chi connectivity index (χ4v) is 1.95. The van der Waals surface area contributed by atoms with Crippen molar-refractivity contribution in [3.8, 4) is 0 Å². The van der Waals surface area contributed by atoms with E-state index in [1.165, 1.54) is 0 Å². The van der Waals surface area contributed by atoms with E-state index < -0.39 is 0 Å². The van der Waals surface area contributed by atoms with Crippen molar-refractivity contribution < 1.29 is 0 Å². The van der Waals surface area contributed by atoms with E-state index >= 15 is 0 Å². The minimum atomic E-state index is -0.177. The van der Waals surface area contributed by atoms with E-state index in [9.17, 15) is 4.79 Å². The number of benzene rings is 1. The normalized spacial score (nSPS) is 10.4. The molecule has 17 heavy (non-hydrogen) atoms. The highest BCUT2D eigenvalue weighted by atomic mass is 35.5. The van der Waals surface area contributed by atoms with Crippen LogP contribution < -0.4 is 5.56 Å². The van der Waals surface area contributed by atoms with Gasteiger partial charge in [0.25, 0.3) is 5.56 Å². The second-order valence-corrected chi connectivity index (χ2v) is 3.86. The zero-order valence-corrected chi connectivity index (χ0v) is 10.1. The first-order valence-corrected chi connectivity index (χ1v) is 5.13. The Labute approximate surface area is 104 Å². The summed E-state index contributed by atoms with van der Waals surface area (Å²) < 4.78 is 1.84. The zero-order valence-electron chi connectivity index (χ0n) is 9.25. The number of para-hydroxylation sites is 1. The molecule has 0 atom stereocenters. The van der Waals surface area contributed by atoms with E-state index in [-0.39, 0.29) is 18.0 Å². The molecule has 0 unspecified atom stereocenters. The Morgan fingerprint density at radius 2 is 1.94 bits per heavy atom. The summed E-state index contributed by atoms with van der Waals surface area (Å²) in [4.78, 5) is 16.1. The molecule has 0 saturated heterocycles.